The molecule has 0 aliphatic carbocycles. The van der Waals surface area contributed by atoms with E-state index >= 15 is 0 Å². The molecule has 0 spiro atoms. The summed E-state index contributed by atoms with van der Waals surface area (Å²) in [6.45, 7) is 1.76. The second-order valence-electron chi connectivity index (χ2n) is 4.14. The molecule has 2 aromatic rings. The zero-order valence-corrected chi connectivity index (χ0v) is 13.4. The summed E-state index contributed by atoms with van der Waals surface area (Å²) in [7, 11) is 0. The zero-order valence-electron chi connectivity index (χ0n) is 10.3. The molecule has 2 nitrogen and oxygen atoms in total. The highest BCUT2D eigenvalue weighted by atomic mass is 79.9. The van der Waals surface area contributed by atoms with Gasteiger partial charge in [0.2, 0.25) is 0 Å². The third-order valence-corrected chi connectivity index (χ3v) is 4.14. The maximum Gasteiger partial charge on any atom is 0.257 e. The van der Waals surface area contributed by atoms with Crippen molar-refractivity contribution in [1.82, 2.24) is 0 Å². The van der Waals surface area contributed by atoms with Crippen LogP contribution >= 0.6 is 39.1 Å². The van der Waals surface area contributed by atoms with Gasteiger partial charge in [-0.1, -0.05) is 29.3 Å². The molecule has 0 radical (unpaired) electrons. The molecule has 0 atom stereocenters. The summed E-state index contributed by atoms with van der Waals surface area (Å²) in [6, 6.07) is 7.59. The first-order chi connectivity index (χ1) is 9.40. The Morgan fingerprint density at radius 2 is 2.00 bits per heavy atom. The summed E-state index contributed by atoms with van der Waals surface area (Å²) >= 11 is 14.9. The lowest BCUT2D eigenvalue weighted by molar-refractivity contribution is 0.102. The standard InChI is InChI=1S/C14H9BrCl2FNO/c1-7-5-9(15)11(18)6-12(7)19-14(20)8-3-2-4-10(16)13(8)17/h2-6H,1H3,(H,19,20). The summed E-state index contributed by atoms with van der Waals surface area (Å²) in [5.74, 6) is -0.898. The summed E-state index contributed by atoms with van der Waals surface area (Å²) < 4.78 is 13.9. The Bertz CT molecular complexity index is 691. The molecule has 1 amide bonds. The normalized spacial score (nSPS) is 10.4. The van der Waals surface area contributed by atoms with Crippen molar-refractivity contribution in [2.45, 2.75) is 6.92 Å². The third kappa shape index (κ3) is 3.14. The fraction of sp³-hybridized carbons (Fsp3) is 0.0714. The van der Waals surface area contributed by atoms with E-state index in [9.17, 15) is 9.18 Å². The molecule has 1 N–H and O–H groups in total. The number of hydrogen-bond acceptors (Lipinski definition) is 1. The maximum atomic E-state index is 13.5. The minimum Gasteiger partial charge on any atom is -0.322 e. The van der Waals surface area contributed by atoms with Crippen LogP contribution in [-0.2, 0) is 0 Å². The number of anilines is 1. The molecule has 0 saturated carbocycles. The van der Waals surface area contributed by atoms with Crippen molar-refractivity contribution in [3.05, 3.63) is 61.8 Å². The lowest BCUT2D eigenvalue weighted by atomic mass is 10.1. The van der Waals surface area contributed by atoms with Crippen molar-refractivity contribution in [3.63, 3.8) is 0 Å². The minimum atomic E-state index is -0.455. The Morgan fingerprint density at radius 1 is 1.30 bits per heavy atom. The van der Waals surface area contributed by atoms with Gasteiger partial charge in [0.25, 0.3) is 5.91 Å². The van der Waals surface area contributed by atoms with Crippen molar-refractivity contribution < 1.29 is 9.18 Å². The van der Waals surface area contributed by atoms with Crippen LogP contribution in [-0.4, -0.2) is 5.91 Å². The number of halogens is 4. The molecule has 0 bridgehead atoms. The molecule has 104 valence electrons. The number of aryl methyl sites for hydroxylation is 1. The van der Waals surface area contributed by atoms with E-state index in [1.807, 2.05) is 0 Å². The Balaban J connectivity index is 2.33. The molecule has 0 aliphatic heterocycles. The highest BCUT2D eigenvalue weighted by molar-refractivity contribution is 9.10. The fourth-order valence-corrected chi connectivity index (χ4v) is 2.49. The highest BCUT2D eigenvalue weighted by Crippen LogP contribution is 2.28. The summed E-state index contributed by atoms with van der Waals surface area (Å²) in [5.41, 5.74) is 1.35. The molecule has 2 rings (SSSR count). The van der Waals surface area contributed by atoms with Gasteiger partial charge < -0.3 is 5.32 Å². The number of carbonyl (C=O) groups excluding carboxylic acids is 1. The molecular weight excluding hydrogens is 368 g/mol. The first-order valence-electron chi connectivity index (χ1n) is 5.61. The van der Waals surface area contributed by atoms with Gasteiger partial charge in [0.1, 0.15) is 5.82 Å². The molecule has 20 heavy (non-hydrogen) atoms. The van der Waals surface area contributed by atoms with Crippen molar-refractivity contribution in [3.8, 4) is 0 Å². The number of rotatable bonds is 2. The van der Waals surface area contributed by atoms with Gasteiger partial charge in [-0.2, -0.15) is 0 Å². The van der Waals surface area contributed by atoms with Gasteiger partial charge in [-0.3, -0.25) is 4.79 Å². The molecule has 0 aliphatic rings. The van der Waals surface area contributed by atoms with Crippen LogP contribution in [0.25, 0.3) is 0 Å². The average molecular weight is 377 g/mol. The number of benzene rings is 2. The van der Waals surface area contributed by atoms with E-state index in [0.717, 1.165) is 5.56 Å². The maximum absolute atomic E-state index is 13.5. The number of carbonyl (C=O) groups is 1. The van der Waals surface area contributed by atoms with E-state index < -0.39 is 11.7 Å². The van der Waals surface area contributed by atoms with Crippen LogP contribution in [0.5, 0.6) is 0 Å². The van der Waals surface area contributed by atoms with E-state index in [4.69, 9.17) is 23.2 Å². The van der Waals surface area contributed by atoms with Crippen LogP contribution in [0.15, 0.2) is 34.8 Å². The van der Waals surface area contributed by atoms with Crippen LogP contribution in [0.3, 0.4) is 0 Å². The summed E-state index contributed by atoms with van der Waals surface area (Å²) in [5, 5.41) is 3.08. The number of nitrogens with one attached hydrogen (secondary N) is 1. The summed E-state index contributed by atoms with van der Waals surface area (Å²) in [4.78, 5) is 12.1. The monoisotopic (exact) mass is 375 g/mol. The van der Waals surface area contributed by atoms with Gasteiger partial charge in [-0.25, -0.2) is 4.39 Å². The van der Waals surface area contributed by atoms with Crippen molar-refractivity contribution in [1.29, 1.82) is 0 Å². The van der Waals surface area contributed by atoms with Gasteiger partial charge in [-0.15, -0.1) is 0 Å². The second kappa shape index (κ2) is 6.12. The van der Waals surface area contributed by atoms with Crippen molar-refractivity contribution >= 4 is 50.7 Å². The average Bonchev–Trinajstić information content (AvgIpc) is 2.39. The minimum absolute atomic E-state index is 0.168. The topological polar surface area (TPSA) is 29.1 Å². The van der Waals surface area contributed by atoms with Gasteiger partial charge in [0.15, 0.2) is 0 Å². The molecule has 6 heteroatoms. The molecule has 0 saturated heterocycles. The van der Waals surface area contributed by atoms with Crippen LogP contribution in [0, 0.1) is 12.7 Å². The third-order valence-electron chi connectivity index (χ3n) is 2.71. The molecular formula is C14H9BrCl2FNO. The van der Waals surface area contributed by atoms with E-state index in [1.165, 1.54) is 6.07 Å². The largest absolute Gasteiger partial charge is 0.322 e. The SMILES string of the molecule is Cc1cc(Br)c(F)cc1NC(=O)c1cccc(Cl)c1Cl. The number of amides is 1. The van der Waals surface area contributed by atoms with Crippen LogP contribution in [0.4, 0.5) is 10.1 Å². The molecule has 0 heterocycles. The van der Waals surface area contributed by atoms with E-state index in [-0.39, 0.29) is 15.6 Å². The van der Waals surface area contributed by atoms with Gasteiger partial charge >= 0.3 is 0 Å². The lowest BCUT2D eigenvalue weighted by Gasteiger charge is -2.11. The van der Waals surface area contributed by atoms with Crippen LogP contribution in [0.2, 0.25) is 10.0 Å². The second-order valence-corrected chi connectivity index (χ2v) is 5.78. The van der Waals surface area contributed by atoms with Crippen LogP contribution in [0.1, 0.15) is 15.9 Å². The quantitative estimate of drug-likeness (QED) is 0.741. The van der Waals surface area contributed by atoms with Crippen LogP contribution < -0.4 is 5.32 Å². The van der Waals surface area contributed by atoms with E-state index in [2.05, 4.69) is 21.2 Å². The highest BCUT2D eigenvalue weighted by Gasteiger charge is 2.14. The van der Waals surface area contributed by atoms with E-state index in [1.54, 1.807) is 31.2 Å². The first kappa shape index (κ1) is 15.3. The zero-order chi connectivity index (χ0) is 14.9. The smallest absolute Gasteiger partial charge is 0.257 e. The molecule has 2 aromatic carbocycles. The van der Waals surface area contributed by atoms with Gasteiger partial charge in [-0.05, 0) is 52.7 Å². The Hall–Kier alpha value is -1.10. The number of hydrogen-bond donors (Lipinski definition) is 1. The summed E-state index contributed by atoms with van der Waals surface area (Å²) in [6.07, 6.45) is 0. The van der Waals surface area contributed by atoms with Crippen molar-refractivity contribution in [2.24, 2.45) is 0 Å². The first-order valence-corrected chi connectivity index (χ1v) is 7.16. The Kier molecular flexibility index (Phi) is 4.68. The Labute approximate surface area is 134 Å². The predicted molar refractivity (Wildman–Crippen MR) is 83.3 cm³/mol. The van der Waals surface area contributed by atoms with Gasteiger partial charge in [0, 0.05) is 5.69 Å². The predicted octanol–water partition coefficient (Wildman–Crippen LogP) is 5.46. The fourth-order valence-electron chi connectivity index (χ4n) is 1.65. The van der Waals surface area contributed by atoms with Crippen molar-refractivity contribution in [2.75, 3.05) is 5.32 Å². The Morgan fingerprint density at radius 3 is 2.70 bits per heavy atom. The van der Waals surface area contributed by atoms with E-state index in [0.29, 0.717) is 10.2 Å². The lowest BCUT2D eigenvalue weighted by Crippen LogP contribution is -2.13. The van der Waals surface area contributed by atoms with Gasteiger partial charge in [0.05, 0.1) is 20.1 Å². The molecule has 0 unspecified atom stereocenters. The molecule has 0 fully saturated rings. The molecule has 0 aromatic heterocycles.